The van der Waals surface area contributed by atoms with Crippen molar-refractivity contribution in [1.82, 2.24) is 5.32 Å². The third-order valence-corrected chi connectivity index (χ3v) is 5.46. The van der Waals surface area contributed by atoms with Crippen LogP contribution in [-0.2, 0) is 16.1 Å². The predicted molar refractivity (Wildman–Crippen MR) is 107 cm³/mol. The molecule has 1 aliphatic heterocycles. The SMILES string of the molecule is O=C(NCc1ccco1)c1c(-c2ccccc2)csc1NC(=O)C1CCCO1. The van der Waals surface area contributed by atoms with Crippen molar-refractivity contribution in [3.63, 3.8) is 0 Å². The number of carbonyl (C=O) groups excluding carboxylic acids is 2. The number of amides is 2. The maximum Gasteiger partial charge on any atom is 0.255 e. The van der Waals surface area contributed by atoms with Crippen LogP contribution >= 0.6 is 11.3 Å². The van der Waals surface area contributed by atoms with Gasteiger partial charge in [-0.2, -0.15) is 0 Å². The molecule has 1 fully saturated rings. The van der Waals surface area contributed by atoms with E-state index in [-0.39, 0.29) is 18.4 Å². The second kappa shape index (κ2) is 8.41. The van der Waals surface area contributed by atoms with Crippen LogP contribution in [0.25, 0.3) is 11.1 Å². The normalized spacial score (nSPS) is 16.1. The van der Waals surface area contributed by atoms with E-state index in [0.29, 0.717) is 29.4 Å². The summed E-state index contributed by atoms with van der Waals surface area (Å²) in [7, 11) is 0. The molecular formula is C21H20N2O4S. The Morgan fingerprint density at radius 1 is 1.14 bits per heavy atom. The molecule has 2 aromatic heterocycles. The summed E-state index contributed by atoms with van der Waals surface area (Å²) in [5, 5.41) is 8.17. The van der Waals surface area contributed by atoms with Gasteiger partial charge in [-0.3, -0.25) is 9.59 Å². The Kier molecular flexibility index (Phi) is 5.55. The molecule has 1 unspecified atom stereocenters. The monoisotopic (exact) mass is 396 g/mol. The van der Waals surface area contributed by atoms with E-state index < -0.39 is 6.10 Å². The van der Waals surface area contributed by atoms with Crippen LogP contribution in [0.15, 0.2) is 58.5 Å². The Morgan fingerprint density at radius 3 is 2.71 bits per heavy atom. The lowest BCUT2D eigenvalue weighted by atomic mass is 10.0. The van der Waals surface area contributed by atoms with E-state index in [4.69, 9.17) is 9.15 Å². The fourth-order valence-electron chi connectivity index (χ4n) is 3.15. The molecule has 1 atom stereocenters. The summed E-state index contributed by atoms with van der Waals surface area (Å²) in [6.45, 7) is 0.864. The number of hydrogen-bond acceptors (Lipinski definition) is 5. The molecule has 1 aromatic carbocycles. The third-order valence-electron chi connectivity index (χ3n) is 4.57. The molecule has 2 N–H and O–H groups in total. The van der Waals surface area contributed by atoms with E-state index >= 15 is 0 Å². The summed E-state index contributed by atoms with van der Waals surface area (Å²) < 4.78 is 10.7. The Hall–Kier alpha value is -2.90. The largest absolute Gasteiger partial charge is 0.467 e. The number of ether oxygens (including phenoxy) is 1. The van der Waals surface area contributed by atoms with E-state index in [9.17, 15) is 9.59 Å². The van der Waals surface area contributed by atoms with E-state index in [1.807, 2.05) is 35.7 Å². The van der Waals surface area contributed by atoms with E-state index in [2.05, 4.69) is 10.6 Å². The maximum absolute atomic E-state index is 13.0. The summed E-state index contributed by atoms with van der Waals surface area (Å²) in [6.07, 6.45) is 2.67. The second-order valence-corrected chi connectivity index (χ2v) is 7.35. The topological polar surface area (TPSA) is 80.6 Å². The summed E-state index contributed by atoms with van der Waals surface area (Å²) in [6, 6.07) is 13.2. The molecule has 0 saturated carbocycles. The zero-order valence-electron chi connectivity index (χ0n) is 15.1. The molecule has 0 bridgehead atoms. The van der Waals surface area contributed by atoms with Crippen molar-refractivity contribution in [3.8, 4) is 11.1 Å². The van der Waals surface area contributed by atoms with Crippen molar-refractivity contribution >= 4 is 28.2 Å². The number of nitrogens with one attached hydrogen (secondary N) is 2. The molecule has 1 aliphatic rings. The highest BCUT2D eigenvalue weighted by Gasteiger charge is 2.27. The average molecular weight is 396 g/mol. The number of rotatable bonds is 6. The van der Waals surface area contributed by atoms with Crippen molar-refractivity contribution in [2.24, 2.45) is 0 Å². The number of benzene rings is 1. The number of anilines is 1. The highest BCUT2D eigenvalue weighted by Crippen LogP contribution is 2.36. The Bertz CT molecular complexity index is 944. The number of furan rings is 1. The van der Waals surface area contributed by atoms with Crippen LogP contribution in [-0.4, -0.2) is 24.5 Å². The van der Waals surface area contributed by atoms with Gasteiger partial charge in [0, 0.05) is 17.6 Å². The van der Waals surface area contributed by atoms with Gasteiger partial charge in [0.15, 0.2) is 0 Å². The molecule has 3 aromatic rings. The van der Waals surface area contributed by atoms with Gasteiger partial charge in [-0.1, -0.05) is 30.3 Å². The van der Waals surface area contributed by atoms with Crippen LogP contribution in [0.2, 0.25) is 0 Å². The molecule has 2 amide bonds. The smallest absolute Gasteiger partial charge is 0.255 e. The lowest BCUT2D eigenvalue weighted by molar-refractivity contribution is -0.124. The fourth-order valence-corrected chi connectivity index (χ4v) is 4.12. The van der Waals surface area contributed by atoms with Gasteiger partial charge in [0.05, 0.1) is 18.4 Å². The Labute approximate surface area is 166 Å². The van der Waals surface area contributed by atoms with Gasteiger partial charge in [-0.05, 0) is 30.5 Å². The first-order valence-corrected chi connectivity index (χ1v) is 10.0. The Balaban J connectivity index is 1.60. The van der Waals surface area contributed by atoms with Gasteiger partial charge in [-0.25, -0.2) is 0 Å². The van der Waals surface area contributed by atoms with Crippen LogP contribution in [0.5, 0.6) is 0 Å². The van der Waals surface area contributed by atoms with Crippen LogP contribution in [0, 0.1) is 0 Å². The molecule has 6 nitrogen and oxygen atoms in total. The van der Waals surface area contributed by atoms with E-state index in [1.165, 1.54) is 11.3 Å². The first kappa shape index (κ1) is 18.5. The van der Waals surface area contributed by atoms with Crippen molar-refractivity contribution in [2.45, 2.75) is 25.5 Å². The lowest BCUT2D eigenvalue weighted by Gasteiger charge is -2.12. The molecule has 4 rings (SSSR count). The molecule has 28 heavy (non-hydrogen) atoms. The minimum Gasteiger partial charge on any atom is -0.467 e. The molecule has 7 heteroatoms. The van der Waals surface area contributed by atoms with Crippen molar-refractivity contribution < 1.29 is 18.7 Å². The number of carbonyl (C=O) groups is 2. The average Bonchev–Trinajstić information content (AvgIpc) is 3.48. The molecule has 0 aliphatic carbocycles. The minimum absolute atomic E-state index is 0.209. The zero-order chi connectivity index (χ0) is 19.3. The van der Waals surface area contributed by atoms with Crippen LogP contribution in [0.3, 0.4) is 0 Å². The predicted octanol–water partition coefficient (Wildman–Crippen LogP) is 4.06. The summed E-state index contributed by atoms with van der Waals surface area (Å²) in [4.78, 5) is 25.5. The van der Waals surface area contributed by atoms with Crippen molar-refractivity contribution in [3.05, 3.63) is 65.4 Å². The first-order valence-electron chi connectivity index (χ1n) is 9.12. The fraction of sp³-hybridized carbons (Fsp3) is 0.238. The third kappa shape index (κ3) is 4.00. The molecule has 1 saturated heterocycles. The number of thiophene rings is 1. The molecule has 144 valence electrons. The molecular weight excluding hydrogens is 376 g/mol. The maximum atomic E-state index is 13.0. The van der Waals surface area contributed by atoms with Crippen LogP contribution in [0.1, 0.15) is 29.0 Å². The highest BCUT2D eigenvalue weighted by molar-refractivity contribution is 7.15. The quantitative estimate of drug-likeness (QED) is 0.659. The first-order chi connectivity index (χ1) is 13.7. The molecule has 0 radical (unpaired) electrons. The lowest BCUT2D eigenvalue weighted by Crippen LogP contribution is -2.28. The number of hydrogen-bond donors (Lipinski definition) is 2. The van der Waals surface area contributed by atoms with Gasteiger partial charge in [-0.15, -0.1) is 11.3 Å². The Morgan fingerprint density at radius 2 is 2.00 bits per heavy atom. The second-order valence-electron chi connectivity index (χ2n) is 6.47. The van der Waals surface area contributed by atoms with Gasteiger partial charge >= 0.3 is 0 Å². The van der Waals surface area contributed by atoms with E-state index in [1.54, 1.807) is 18.4 Å². The van der Waals surface area contributed by atoms with Gasteiger partial charge in [0.25, 0.3) is 11.8 Å². The standard InChI is InChI=1S/C21H20N2O4S/c24-19(17-9-5-11-27-17)23-21-18(20(25)22-12-15-8-4-10-26-15)16(13-28-21)14-6-2-1-3-7-14/h1-4,6-8,10,13,17H,5,9,11-12H2,(H,22,25)(H,23,24). The highest BCUT2D eigenvalue weighted by atomic mass is 32.1. The van der Waals surface area contributed by atoms with Crippen molar-refractivity contribution in [1.29, 1.82) is 0 Å². The van der Waals surface area contributed by atoms with Crippen molar-refractivity contribution in [2.75, 3.05) is 11.9 Å². The molecule has 3 heterocycles. The van der Waals surface area contributed by atoms with E-state index in [0.717, 1.165) is 17.5 Å². The summed E-state index contributed by atoms with van der Waals surface area (Å²) in [5.74, 6) is 0.188. The van der Waals surface area contributed by atoms with Gasteiger partial charge < -0.3 is 19.8 Å². The minimum atomic E-state index is -0.457. The van der Waals surface area contributed by atoms with Gasteiger partial charge in [0.2, 0.25) is 0 Å². The summed E-state index contributed by atoms with van der Waals surface area (Å²) in [5.41, 5.74) is 2.15. The van der Waals surface area contributed by atoms with Gasteiger partial charge in [0.1, 0.15) is 16.9 Å². The summed E-state index contributed by atoms with van der Waals surface area (Å²) >= 11 is 1.34. The zero-order valence-corrected chi connectivity index (χ0v) is 16.0. The molecule has 0 spiro atoms. The van der Waals surface area contributed by atoms with Crippen LogP contribution < -0.4 is 10.6 Å². The van der Waals surface area contributed by atoms with Crippen LogP contribution in [0.4, 0.5) is 5.00 Å².